The standard InChI is InChI=1S/C14H18N2O3/c1-14-6-7-18-12(14)16(3)11-5-4-9(8-10(11)14)19-13(17)15-2/h4-5,8,12H,6-7H2,1-3H3,(H,15,17)/t12?,14-/m1/s1. The van der Waals surface area contributed by atoms with Crippen LogP contribution in [0.4, 0.5) is 10.5 Å². The number of amides is 1. The van der Waals surface area contributed by atoms with Crippen LogP contribution in [0.2, 0.25) is 0 Å². The van der Waals surface area contributed by atoms with Crippen LogP contribution in [0.3, 0.4) is 0 Å². The Hall–Kier alpha value is -1.75. The zero-order valence-electron chi connectivity index (χ0n) is 11.4. The third-order valence-corrected chi connectivity index (χ3v) is 4.17. The molecule has 1 unspecified atom stereocenters. The van der Waals surface area contributed by atoms with Crippen LogP contribution in [0.15, 0.2) is 18.2 Å². The second-order valence-electron chi connectivity index (χ2n) is 5.32. The molecule has 0 aliphatic carbocycles. The summed E-state index contributed by atoms with van der Waals surface area (Å²) < 4.78 is 11.0. The molecule has 1 saturated heterocycles. The van der Waals surface area contributed by atoms with Crippen molar-refractivity contribution < 1.29 is 14.3 Å². The Morgan fingerprint density at radius 3 is 3.11 bits per heavy atom. The van der Waals surface area contributed by atoms with E-state index >= 15 is 0 Å². The van der Waals surface area contributed by atoms with Crippen LogP contribution in [0.5, 0.6) is 5.75 Å². The van der Waals surface area contributed by atoms with Gasteiger partial charge < -0.3 is 19.7 Å². The highest BCUT2D eigenvalue weighted by Crippen LogP contribution is 2.51. The summed E-state index contributed by atoms with van der Waals surface area (Å²) in [6, 6.07) is 5.76. The lowest BCUT2D eigenvalue weighted by molar-refractivity contribution is 0.0920. The van der Waals surface area contributed by atoms with Crippen LogP contribution < -0.4 is 15.0 Å². The molecule has 0 radical (unpaired) electrons. The normalized spacial score (nSPS) is 27.9. The molecule has 0 saturated carbocycles. The first-order valence-electron chi connectivity index (χ1n) is 6.45. The number of likely N-dealkylation sites (N-methyl/N-ethyl adjacent to an activating group) is 1. The maximum absolute atomic E-state index is 11.3. The topological polar surface area (TPSA) is 50.8 Å². The Morgan fingerprint density at radius 2 is 2.37 bits per heavy atom. The van der Waals surface area contributed by atoms with Crippen molar-refractivity contribution in [3.8, 4) is 5.75 Å². The van der Waals surface area contributed by atoms with Crippen molar-refractivity contribution in [1.82, 2.24) is 5.32 Å². The molecule has 2 aliphatic heterocycles. The zero-order valence-corrected chi connectivity index (χ0v) is 11.4. The fourth-order valence-corrected chi connectivity index (χ4v) is 3.12. The lowest BCUT2D eigenvalue weighted by Gasteiger charge is -2.26. The predicted octanol–water partition coefficient (Wildman–Crippen LogP) is 1.86. The van der Waals surface area contributed by atoms with Gasteiger partial charge in [-0.15, -0.1) is 0 Å². The van der Waals surface area contributed by atoms with Gasteiger partial charge in [-0.3, -0.25) is 0 Å². The second kappa shape index (κ2) is 4.13. The fourth-order valence-electron chi connectivity index (χ4n) is 3.12. The zero-order chi connectivity index (χ0) is 13.6. The van der Waals surface area contributed by atoms with Crippen molar-refractivity contribution in [1.29, 1.82) is 0 Å². The van der Waals surface area contributed by atoms with Gasteiger partial charge >= 0.3 is 6.09 Å². The predicted molar refractivity (Wildman–Crippen MR) is 71.6 cm³/mol. The molecule has 1 fully saturated rings. The molecule has 5 nitrogen and oxygen atoms in total. The highest BCUT2D eigenvalue weighted by Gasteiger charge is 2.50. The minimum atomic E-state index is -0.448. The summed E-state index contributed by atoms with van der Waals surface area (Å²) in [6.45, 7) is 2.97. The quantitative estimate of drug-likeness (QED) is 0.839. The van der Waals surface area contributed by atoms with Gasteiger partial charge in [-0.2, -0.15) is 0 Å². The summed E-state index contributed by atoms with van der Waals surface area (Å²) in [5.74, 6) is 0.570. The van der Waals surface area contributed by atoms with E-state index < -0.39 is 6.09 Å². The summed E-state index contributed by atoms with van der Waals surface area (Å²) in [4.78, 5) is 13.4. The highest BCUT2D eigenvalue weighted by atomic mass is 16.6. The molecule has 2 heterocycles. The number of hydrogen-bond acceptors (Lipinski definition) is 4. The van der Waals surface area contributed by atoms with E-state index in [4.69, 9.17) is 9.47 Å². The molecule has 0 spiro atoms. The van der Waals surface area contributed by atoms with Crippen molar-refractivity contribution in [3.63, 3.8) is 0 Å². The van der Waals surface area contributed by atoms with Crippen LogP contribution in [-0.2, 0) is 10.2 Å². The molecule has 19 heavy (non-hydrogen) atoms. The molecule has 2 atom stereocenters. The van der Waals surface area contributed by atoms with Gasteiger partial charge in [0.25, 0.3) is 0 Å². The maximum Gasteiger partial charge on any atom is 0.412 e. The molecule has 102 valence electrons. The van der Waals surface area contributed by atoms with Crippen LogP contribution in [0.1, 0.15) is 18.9 Å². The molecule has 1 amide bonds. The van der Waals surface area contributed by atoms with Crippen molar-refractivity contribution in [2.75, 3.05) is 25.6 Å². The summed E-state index contributed by atoms with van der Waals surface area (Å²) in [7, 11) is 3.59. The number of hydrogen-bond donors (Lipinski definition) is 1. The average Bonchev–Trinajstić information content (AvgIpc) is 2.88. The van der Waals surface area contributed by atoms with Gasteiger partial charge in [-0.05, 0) is 30.2 Å². The van der Waals surface area contributed by atoms with E-state index in [1.165, 1.54) is 5.56 Å². The number of rotatable bonds is 1. The number of nitrogens with zero attached hydrogens (tertiary/aromatic N) is 1. The number of carbonyl (C=O) groups is 1. The molecule has 0 aromatic heterocycles. The Bertz CT molecular complexity index is 531. The smallest absolute Gasteiger partial charge is 0.410 e. The minimum absolute atomic E-state index is 0.0217. The Morgan fingerprint density at radius 1 is 1.58 bits per heavy atom. The molecular weight excluding hydrogens is 244 g/mol. The number of fused-ring (bicyclic) bond motifs is 3. The number of anilines is 1. The van der Waals surface area contributed by atoms with Gasteiger partial charge in [0.1, 0.15) is 12.0 Å². The summed E-state index contributed by atoms with van der Waals surface area (Å²) in [6.07, 6.45) is 0.617. The van der Waals surface area contributed by atoms with Gasteiger partial charge in [0.05, 0.1) is 6.61 Å². The monoisotopic (exact) mass is 262 g/mol. The van der Waals surface area contributed by atoms with E-state index in [9.17, 15) is 4.79 Å². The van der Waals surface area contributed by atoms with Crippen LogP contribution in [-0.4, -0.2) is 33.0 Å². The van der Waals surface area contributed by atoms with Crippen LogP contribution in [0.25, 0.3) is 0 Å². The van der Waals surface area contributed by atoms with E-state index in [1.54, 1.807) is 7.05 Å². The third kappa shape index (κ3) is 1.69. The molecule has 1 N–H and O–H groups in total. The molecule has 5 heteroatoms. The van der Waals surface area contributed by atoms with Gasteiger partial charge in [-0.25, -0.2) is 4.79 Å². The van der Waals surface area contributed by atoms with E-state index in [-0.39, 0.29) is 11.6 Å². The number of ether oxygens (including phenoxy) is 2. The SMILES string of the molecule is CNC(=O)Oc1ccc2c(c1)[C@@]1(C)CCOC1N2C. The first-order valence-corrected chi connectivity index (χ1v) is 6.45. The highest BCUT2D eigenvalue weighted by molar-refractivity contribution is 5.72. The van der Waals surface area contributed by atoms with Crippen molar-refractivity contribution in [3.05, 3.63) is 23.8 Å². The molecule has 3 rings (SSSR count). The van der Waals surface area contributed by atoms with E-state index in [1.807, 2.05) is 25.2 Å². The van der Waals surface area contributed by atoms with Crippen molar-refractivity contribution >= 4 is 11.8 Å². The number of carbonyl (C=O) groups excluding carboxylic acids is 1. The average molecular weight is 262 g/mol. The van der Waals surface area contributed by atoms with Gasteiger partial charge in [0.15, 0.2) is 0 Å². The van der Waals surface area contributed by atoms with Gasteiger partial charge in [0, 0.05) is 25.2 Å². The first kappa shape index (κ1) is 12.3. The van der Waals surface area contributed by atoms with Crippen LogP contribution in [0, 0.1) is 0 Å². The van der Waals surface area contributed by atoms with Crippen molar-refractivity contribution in [2.45, 2.75) is 25.0 Å². The Kier molecular flexibility index (Phi) is 2.67. The molecule has 1 aromatic carbocycles. The van der Waals surface area contributed by atoms with E-state index in [2.05, 4.69) is 17.1 Å². The fraction of sp³-hybridized carbons (Fsp3) is 0.500. The molecular formula is C14H18N2O3. The lowest BCUT2D eigenvalue weighted by atomic mass is 9.82. The van der Waals surface area contributed by atoms with Gasteiger partial charge in [-0.1, -0.05) is 6.92 Å². The lowest BCUT2D eigenvalue weighted by Crippen LogP contribution is -2.37. The maximum atomic E-state index is 11.3. The number of nitrogens with one attached hydrogen (secondary N) is 1. The summed E-state index contributed by atoms with van der Waals surface area (Å²) >= 11 is 0. The molecule has 1 aromatic rings. The van der Waals surface area contributed by atoms with Crippen molar-refractivity contribution in [2.24, 2.45) is 0 Å². The second-order valence-corrected chi connectivity index (χ2v) is 5.32. The summed E-state index contributed by atoms with van der Waals surface area (Å²) in [5, 5.41) is 2.45. The van der Waals surface area contributed by atoms with Crippen LogP contribution >= 0.6 is 0 Å². The Balaban J connectivity index is 1.99. The largest absolute Gasteiger partial charge is 0.412 e. The molecule has 2 aliphatic rings. The van der Waals surface area contributed by atoms with E-state index in [0.29, 0.717) is 5.75 Å². The summed E-state index contributed by atoms with van der Waals surface area (Å²) in [5.41, 5.74) is 2.32. The third-order valence-electron chi connectivity index (χ3n) is 4.17. The number of benzene rings is 1. The van der Waals surface area contributed by atoms with Gasteiger partial charge in [0.2, 0.25) is 0 Å². The molecule has 0 bridgehead atoms. The Labute approximate surface area is 112 Å². The first-order chi connectivity index (χ1) is 9.06. The minimum Gasteiger partial charge on any atom is -0.410 e. The van der Waals surface area contributed by atoms with E-state index in [0.717, 1.165) is 18.7 Å².